The van der Waals surface area contributed by atoms with Crippen molar-refractivity contribution < 1.29 is 18.4 Å². The maximum Gasteiger partial charge on any atom is 0.406 e. The lowest BCUT2D eigenvalue weighted by molar-refractivity contribution is 0.171. The van der Waals surface area contributed by atoms with Crippen molar-refractivity contribution in [2.24, 2.45) is 0 Å². The molecule has 0 aromatic rings. The van der Waals surface area contributed by atoms with E-state index in [1.807, 2.05) is 0 Å². The highest BCUT2D eigenvalue weighted by Crippen LogP contribution is 2.23. The summed E-state index contributed by atoms with van der Waals surface area (Å²) in [4.78, 5) is 10.8. The molecule has 0 saturated heterocycles. The van der Waals surface area contributed by atoms with Crippen LogP contribution >= 0.6 is 0 Å². The summed E-state index contributed by atoms with van der Waals surface area (Å²) < 4.78 is 15.3. The van der Waals surface area contributed by atoms with Crippen molar-refractivity contribution in [3.05, 3.63) is 0 Å². The van der Waals surface area contributed by atoms with E-state index in [0.717, 1.165) is 32.1 Å². The van der Waals surface area contributed by atoms with Crippen molar-refractivity contribution in [1.29, 1.82) is 0 Å². The molecule has 1 N–H and O–H groups in total. The predicted molar refractivity (Wildman–Crippen MR) is 74.1 cm³/mol. The summed E-state index contributed by atoms with van der Waals surface area (Å²) >= 11 is 0. The monoisotopic (exact) mass is 277 g/mol. The van der Waals surface area contributed by atoms with Crippen LogP contribution in [0.4, 0.5) is 4.79 Å². The number of nitrogens with one attached hydrogen (secondary N) is 1. The molecule has 0 aromatic carbocycles. The molecule has 0 aromatic heterocycles. The van der Waals surface area contributed by atoms with Crippen LogP contribution in [0, 0.1) is 0 Å². The van der Waals surface area contributed by atoms with Gasteiger partial charge in [-0.05, 0) is 18.4 Å². The van der Waals surface area contributed by atoms with Crippen LogP contribution < -0.4 is 5.32 Å². The number of methoxy groups -OCH3 is 1. The normalized spacial score (nSPS) is 12.5. The SMILES string of the molecule is CCC(CCCCCNC(=O)OC)[SiH](OC)OC. The third kappa shape index (κ3) is 7.68. The van der Waals surface area contributed by atoms with Crippen molar-refractivity contribution in [2.75, 3.05) is 27.9 Å². The highest BCUT2D eigenvalue weighted by molar-refractivity contribution is 6.46. The number of ether oxygens (including phenoxy) is 1. The highest BCUT2D eigenvalue weighted by Gasteiger charge is 2.21. The zero-order chi connectivity index (χ0) is 13.8. The van der Waals surface area contributed by atoms with Gasteiger partial charge < -0.3 is 18.9 Å². The van der Waals surface area contributed by atoms with Crippen molar-refractivity contribution in [1.82, 2.24) is 5.32 Å². The van der Waals surface area contributed by atoms with Crippen molar-refractivity contribution in [3.8, 4) is 0 Å². The van der Waals surface area contributed by atoms with E-state index >= 15 is 0 Å². The Morgan fingerprint density at radius 1 is 1.17 bits per heavy atom. The molecule has 18 heavy (non-hydrogen) atoms. The summed E-state index contributed by atoms with van der Waals surface area (Å²) in [5, 5.41) is 2.68. The Morgan fingerprint density at radius 2 is 1.83 bits per heavy atom. The van der Waals surface area contributed by atoms with Gasteiger partial charge in [-0.3, -0.25) is 0 Å². The molecule has 0 fully saturated rings. The molecule has 0 aliphatic heterocycles. The van der Waals surface area contributed by atoms with Gasteiger partial charge in [0.25, 0.3) is 0 Å². The Bertz CT molecular complexity index is 212. The first kappa shape index (κ1) is 17.4. The Labute approximate surface area is 112 Å². The summed E-state index contributed by atoms with van der Waals surface area (Å²) in [7, 11) is 3.38. The van der Waals surface area contributed by atoms with Gasteiger partial charge in [-0.2, -0.15) is 0 Å². The van der Waals surface area contributed by atoms with Crippen LogP contribution in [0.3, 0.4) is 0 Å². The number of hydrogen-bond acceptors (Lipinski definition) is 4. The molecule has 0 aliphatic carbocycles. The maximum absolute atomic E-state index is 10.8. The number of alkyl carbamates (subject to hydrolysis) is 1. The molecule has 1 atom stereocenters. The van der Waals surface area contributed by atoms with Gasteiger partial charge in [-0.25, -0.2) is 4.79 Å². The Balaban J connectivity index is 3.59. The Kier molecular flexibility index (Phi) is 11.1. The van der Waals surface area contributed by atoms with E-state index in [4.69, 9.17) is 8.85 Å². The fraction of sp³-hybridized carbons (Fsp3) is 0.917. The molecule has 0 saturated carbocycles. The summed E-state index contributed by atoms with van der Waals surface area (Å²) in [6.45, 7) is 2.86. The first-order valence-electron chi connectivity index (χ1n) is 6.56. The third-order valence-corrected chi connectivity index (χ3v) is 5.58. The zero-order valence-corrected chi connectivity index (χ0v) is 13.2. The molecule has 0 radical (unpaired) electrons. The standard InChI is InChI=1S/C12H27NO4Si/c1-5-11(18(16-3)17-4)9-7-6-8-10-13-12(14)15-2/h11,18H,5-10H2,1-4H3,(H,13,14). The van der Waals surface area contributed by atoms with Gasteiger partial charge in [0.15, 0.2) is 0 Å². The molecule has 0 rings (SSSR count). The Morgan fingerprint density at radius 3 is 2.33 bits per heavy atom. The lowest BCUT2D eigenvalue weighted by atomic mass is 10.1. The lowest BCUT2D eigenvalue weighted by Crippen LogP contribution is -2.26. The number of rotatable bonds is 10. The van der Waals surface area contributed by atoms with E-state index in [0.29, 0.717) is 12.1 Å². The predicted octanol–water partition coefficient (Wildman–Crippen LogP) is 2.20. The van der Waals surface area contributed by atoms with E-state index in [-0.39, 0.29) is 6.09 Å². The molecule has 0 heterocycles. The van der Waals surface area contributed by atoms with E-state index in [2.05, 4.69) is 17.0 Å². The summed E-state index contributed by atoms with van der Waals surface area (Å²) in [5.41, 5.74) is 0.577. The molecular weight excluding hydrogens is 250 g/mol. The maximum atomic E-state index is 10.8. The van der Waals surface area contributed by atoms with Crippen molar-refractivity contribution in [3.63, 3.8) is 0 Å². The summed E-state index contributed by atoms with van der Waals surface area (Å²) in [5.74, 6) is 0. The minimum atomic E-state index is -1.48. The topological polar surface area (TPSA) is 56.8 Å². The molecular formula is C12H27NO4Si. The van der Waals surface area contributed by atoms with E-state index < -0.39 is 9.28 Å². The van der Waals surface area contributed by atoms with Crippen LogP contribution in [-0.2, 0) is 13.6 Å². The van der Waals surface area contributed by atoms with E-state index in [1.165, 1.54) is 7.11 Å². The van der Waals surface area contributed by atoms with Crippen LogP contribution in [0.2, 0.25) is 5.54 Å². The van der Waals surface area contributed by atoms with Crippen LogP contribution in [0.15, 0.2) is 0 Å². The van der Waals surface area contributed by atoms with Crippen LogP contribution in [-0.4, -0.2) is 43.3 Å². The highest BCUT2D eigenvalue weighted by atomic mass is 28.3. The fourth-order valence-corrected chi connectivity index (χ4v) is 3.84. The number of carbonyl (C=O) groups excluding carboxylic acids is 1. The van der Waals surface area contributed by atoms with Gasteiger partial charge in [0.05, 0.1) is 7.11 Å². The van der Waals surface area contributed by atoms with Crippen LogP contribution in [0.25, 0.3) is 0 Å². The number of amides is 1. The number of carbonyl (C=O) groups is 1. The van der Waals surface area contributed by atoms with Gasteiger partial charge in [0, 0.05) is 20.8 Å². The third-order valence-electron chi connectivity index (χ3n) is 3.08. The number of unbranched alkanes of at least 4 members (excludes halogenated alkanes) is 2. The molecule has 1 amide bonds. The van der Waals surface area contributed by atoms with Crippen molar-refractivity contribution >= 4 is 15.4 Å². The largest absolute Gasteiger partial charge is 0.453 e. The molecule has 0 spiro atoms. The van der Waals surface area contributed by atoms with Crippen LogP contribution in [0.5, 0.6) is 0 Å². The molecule has 6 heteroatoms. The fourth-order valence-electron chi connectivity index (χ4n) is 1.98. The quantitative estimate of drug-likeness (QED) is 0.491. The minimum absolute atomic E-state index is 0.354. The second-order valence-electron chi connectivity index (χ2n) is 4.28. The zero-order valence-electron chi connectivity index (χ0n) is 12.0. The van der Waals surface area contributed by atoms with Gasteiger partial charge in [0.2, 0.25) is 0 Å². The van der Waals surface area contributed by atoms with Gasteiger partial charge >= 0.3 is 15.4 Å². The number of hydrogen-bond donors (Lipinski definition) is 1. The summed E-state index contributed by atoms with van der Waals surface area (Å²) in [6.07, 6.45) is 5.14. The molecule has 108 valence electrons. The van der Waals surface area contributed by atoms with Gasteiger partial charge in [0.1, 0.15) is 0 Å². The molecule has 1 unspecified atom stereocenters. The minimum Gasteiger partial charge on any atom is -0.453 e. The summed E-state index contributed by atoms with van der Waals surface area (Å²) in [6, 6.07) is 0. The van der Waals surface area contributed by atoms with Gasteiger partial charge in [-0.15, -0.1) is 0 Å². The molecule has 5 nitrogen and oxygen atoms in total. The first-order chi connectivity index (χ1) is 8.69. The molecule has 0 aliphatic rings. The average molecular weight is 277 g/mol. The molecule has 0 bridgehead atoms. The first-order valence-corrected chi connectivity index (χ1v) is 8.17. The smallest absolute Gasteiger partial charge is 0.406 e. The lowest BCUT2D eigenvalue weighted by Gasteiger charge is -2.21. The van der Waals surface area contributed by atoms with Crippen LogP contribution in [0.1, 0.15) is 39.0 Å². The van der Waals surface area contributed by atoms with Gasteiger partial charge in [-0.1, -0.05) is 26.2 Å². The van der Waals surface area contributed by atoms with E-state index in [1.54, 1.807) is 14.2 Å². The van der Waals surface area contributed by atoms with E-state index in [9.17, 15) is 4.79 Å². The second-order valence-corrected chi connectivity index (χ2v) is 6.90. The Hall–Kier alpha value is -0.593. The second kappa shape index (κ2) is 11.5. The van der Waals surface area contributed by atoms with Crippen molar-refractivity contribution in [2.45, 2.75) is 44.6 Å². The average Bonchev–Trinajstić information content (AvgIpc) is 2.41.